The molecule has 0 aliphatic carbocycles. The minimum absolute atomic E-state index is 0.466. The highest BCUT2D eigenvalue weighted by Crippen LogP contribution is 2.22. The normalized spacial score (nSPS) is 10.3. The summed E-state index contributed by atoms with van der Waals surface area (Å²) >= 11 is 0. The smallest absolute Gasteiger partial charge is 0.149 e. The number of hydrogen-bond acceptors (Lipinski definition) is 5. The van der Waals surface area contributed by atoms with E-state index in [1.807, 2.05) is 13.8 Å². The third-order valence-corrected chi connectivity index (χ3v) is 2.39. The average Bonchev–Trinajstić information content (AvgIpc) is 2.27. The van der Waals surface area contributed by atoms with Crippen molar-refractivity contribution >= 4 is 5.82 Å². The Bertz CT molecular complexity index is 481. The van der Waals surface area contributed by atoms with E-state index in [-0.39, 0.29) is 0 Å². The van der Waals surface area contributed by atoms with E-state index in [1.165, 1.54) is 6.33 Å². The molecule has 5 nitrogen and oxygen atoms in total. The molecule has 15 heavy (non-hydrogen) atoms. The number of anilines is 1. The van der Waals surface area contributed by atoms with Crippen LogP contribution in [-0.2, 0) is 0 Å². The Kier molecular flexibility index (Phi) is 2.29. The lowest BCUT2D eigenvalue weighted by atomic mass is 10.1. The van der Waals surface area contributed by atoms with Crippen molar-refractivity contribution in [2.24, 2.45) is 0 Å². The van der Waals surface area contributed by atoms with Gasteiger partial charge in [-0.25, -0.2) is 9.97 Å². The monoisotopic (exact) mass is 201 g/mol. The Morgan fingerprint density at radius 3 is 2.33 bits per heavy atom. The van der Waals surface area contributed by atoms with Crippen LogP contribution in [-0.4, -0.2) is 20.2 Å². The van der Waals surface area contributed by atoms with Crippen LogP contribution in [0.15, 0.2) is 18.7 Å². The molecule has 0 aromatic carbocycles. The Labute approximate surface area is 87.4 Å². The Balaban J connectivity index is 2.60. The van der Waals surface area contributed by atoms with Gasteiger partial charge in [-0.15, -0.1) is 10.2 Å². The zero-order valence-corrected chi connectivity index (χ0v) is 8.60. The first-order valence-corrected chi connectivity index (χ1v) is 4.55. The molecule has 2 rings (SSSR count). The molecule has 0 aliphatic rings. The first kappa shape index (κ1) is 9.51. The van der Waals surface area contributed by atoms with E-state index in [1.54, 1.807) is 12.4 Å². The first-order chi connectivity index (χ1) is 7.20. The summed E-state index contributed by atoms with van der Waals surface area (Å²) in [6, 6.07) is 0. The fourth-order valence-electron chi connectivity index (χ4n) is 1.32. The SMILES string of the molecule is Cc1c(N)nnc(-c2cncnc2)c1C. The lowest BCUT2D eigenvalue weighted by molar-refractivity contribution is 1.01. The van der Waals surface area contributed by atoms with Gasteiger partial charge in [0.15, 0.2) is 0 Å². The van der Waals surface area contributed by atoms with E-state index in [4.69, 9.17) is 5.73 Å². The first-order valence-electron chi connectivity index (χ1n) is 4.55. The third kappa shape index (κ3) is 1.63. The van der Waals surface area contributed by atoms with Gasteiger partial charge < -0.3 is 5.73 Å². The molecule has 2 N–H and O–H groups in total. The molecule has 0 aliphatic heterocycles. The minimum atomic E-state index is 0.466. The number of aromatic nitrogens is 4. The standard InChI is InChI=1S/C10H11N5/c1-6-7(2)10(11)15-14-9(6)8-3-12-5-13-4-8/h3-5H,1-2H3,(H2,11,15). The molecule has 2 aromatic heterocycles. The highest BCUT2D eigenvalue weighted by molar-refractivity contribution is 5.64. The Morgan fingerprint density at radius 1 is 1.00 bits per heavy atom. The molecule has 0 amide bonds. The summed E-state index contributed by atoms with van der Waals surface area (Å²) in [5.74, 6) is 0.466. The second kappa shape index (κ2) is 3.61. The third-order valence-electron chi connectivity index (χ3n) is 2.39. The van der Waals surface area contributed by atoms with Crippen LogP contribution >= 0.6 is 0 Å². The quantitative estimate of drug-likeness (QED) is 0.748. The molecule has 0 spiro atoms. The molecule has 0 unspecified atom stereocenters. The van der Waals surface area contributed by atoms with Crippen molar-refractivity contribution in [2.75, 3.05) is 5.73 Å². The summed E-state index contributed by atoms with van der Waals surface area (Å²) < 4.78 is 0. The molecular formula is C10H11N5. The van der Waals surface area contributed by atoms with Gasteiger partial charge in [-0.05, 0) is 25.0 Å². The van der Waals surface area contributed by atoms with Gasteiger partial charge >= 0.3 is 0 Å². The van der Waals surface area contributed by atoms with Crippen LogP contribution in [0.2, 0.25) is 0 Å². The summed E-state index contributed by atoms with van der Waals surface area (Å²) in [6.45, 7) is 3.88. The number of rotatable bonds is 1. The van der Waals surface area contributed by atoms with E-state index in [2.05, 4.69) is 20.2 Å². The van der Waals surface area contributed by atoms with Crippen LogP contribution in [0.3, 0.4) is 0 Å². The topological polar surface area (TPSA) is 77.6 Å². The second-order valence-electron chi connectivity index (χ2n) is 3.31. The maximum Gasteiger partial charge on any atom is 0.149 e. The number of nitrogen functional groups attached to an aromatic ring is 1. The molecule has 0 saturated heterocycles. The molecular weight excluding hydrogens is 190 g/mol. The summed E-state index contributed by atoms with van der Waals surface area (Å²) in [5.41, 5.74) is 9.25. The Hall–Kier alpha value is -2.04. The minimum Gasteiger partial charge on any atom is -0.382 e. The van der Waals surface area contributed by atoms with Gasteiger partial charge in [0.05, 0.1) is 5.69 Å². The van der Waals surface area contributed by atoms with Crippen LogP contribution in [0.25, 0.3) is 11.3 Å². The van der Waals surface area contributed by atoms with Crippen molar-refractivity contribution in [3.05, 3.63) is 29.8 Å². The largest absolute Gasteiger partial charge is 0.382 e. The van der Waals surface area contributed by atoms with Crippen molar-refractivity contribution < 1.29 is 0 Å². The highest BCUT2D eigenvalue weighted by Gasteiger charge is 2.09. The van der Waals surface area contributed by atoms with Crippen molar-refractivity contribution in [1.29, 1.82) is 0 Å². The highest BCUT2D eigenvalue weighted by atomic mass is 15.1. The number of nitrogens with two attached hydrogens (primary N) is 1. The van der Waals surface area contributed by atoms with Crippen LogP contribution in [0.4, 0.5) is 5.82 Å². The van der Waals surface area contributed by atoms with Gasteiger partial charge in [0.2, 0.25) is 0 Å². The average molecular weight is 201 g/mol. The molecule has 0 radical (unpaired) electrons. The molecule has 76 valence electrons. The van der Waals surface area contributed by atoms with Crippen LogP contribution in [0, 0.1) is 13.8 Å². The van der Waals surface area contributed by atoms with E-state index in [9.17, 15) is 0 Å². The van der Waals surface area contributed by atoms with Crippen molar-refractivity contribution in [3.8, 4) is 11.3 Å². The van der Waals surface area contributed by atoms with Gasteiger partial charge in [0.1, 0.15) is 12.1 Å². The van der Waals surface area contributed by atoms with E-state index in [0.717, 1.165) is 22.4 Å². The molecule has 0 bridgehead atoms. The van der Waals surface area contributed by atoms with Gasteiger partial charge in [-0.1, -0.05) is 0 Å². The van der Waals surface area contributed by atoms with Crippen molar-refractivity contribution in [2.45, 2.75) is 13.8 Å². The predicted octanol–water partition coefficient (Wildman–Crippen LogP) is 1.13. The van der Waals surface area contributed by atoms with Crippen molar-refractivity contribution in [3.63, 3.8) is 0 Å². The van der Waals surface area contributed by atoms with Crippen LogP contribution in [0.5, 0.6) is 0 Å². The summed E-state index contributed by atoms with van der Waals surface area (Å²) in [5, 5.41) is 7.94. The van der Waals surface area contributed by atoms with Gasteiger partial charge in [-0.2, -0.15) is 0 Å². The fraction of sp³-hybridized carbons (Fsp3) is 0.200. The van der Waals surface area contributed by atoms with Gasteiger partial charge in [0, 0.05) is 18.0 Å². The lowest BCUT2D eigenvalue weighted by Gasteiger charge is -2.07. The number of hydrogen-bond donors (Lipinski definition) is 1. The molecule has 0 saturated carbocycles. The van der Waals surface area contributed by atoms with Crippen LogP contribution < -0.4 is 5.73 Å². The molecule has 5 heteroatoms. The maximum atomic E-state index is 5.66. The molecule has 0 fully saturated rings. The lowest BCUT2D eigenvalue weighted by Crippen LogP contribution is -2.02. The number of nitrogens with zero attached hydrogens (tertiary/aromatic N) is 4. The van der Waals surface area contributed by atoms with Gasteiger partial charge in [0.25, 0.3) is 0 Å². The second-order valence-corrected chi connectivity index (χ2v) is 3.31. The molecule has 2 heterocycles. The fourth-order valence-corrected chi connectivity index (χ4v) is 1.32. The van der Waals surface area contributed by atoms with Crippen LogP contribution in [0.1, 0.15) is 11.1 Å². The summed E-state index contributed by atoms with van der Waals surface area (Å²) in [4.78, 5) is 7.89. The van der Waals surface area contributed by atoms with E-state index < -0.39 is 0 Å². The molecule has 2 aromatic rings. The zero-order chi connectivity index (χ0) is 10.8. The van der Waals surface area contributed by atoms with Crippen molar-refractivity contribution in [1.82, 2.24) is 20.2 Å². The Morgan fingerprint density at radius 2 is 1.67 bits per heavy atom. The van der Waals surface area contributed by atoms with E-state index >= 15 is 0 Å². The summed E-state index contributed by atoms with van der Waals surface area (Å²) in [6.07, 6.45) is 4.90. The summed E-state index contributed by atoms with van der Waals surface area (Å²) in [7, 11) is 0. The molecule has 0 atom stereocenters. The van der Waals surface area contributed by atoms with E-state index in [0.29, 0.717) is 5.82 Å². The van der Waals surface area contributed by atoms with Gasteiger partial charge in [-0.3, -0.25) is 0 Å². The predicted molar refractivity (Wildman–Crippen MR) is 56.9 cm³/mol. The maximum absolute atomic E-state index is 5.66. The zero-order valence-electron chi connectivity index (χ0n) is 8.60.